The average Bonchev–Trinajstić information content (AvgIpc) is 3.19. The molecule has 0 spiro atoms. The zero-order valence-corrected chi connectivity index (χ0v) is 12.8. The second-order valence-corrected chi connectivity index (χ2v) is 7.39. The molecule has 3 aliphatic rings. The van der Waals surface area contributed by atoms with E-state index in [1.807, 2.05) is 18.2 Å². The van der Waals surface area contributed by atoms with E-state index in [9.17, 15) is 0 Å². The van der Waals surface area contributed by atoms with Crippen molar-refractivity contribution in [1.82, 2.24) is 5.32 Å². The Labute approximate surface area is 127 Å². The van der Waals surface area contributed by atoms with E-state index < -0.39 is 0 Å². The van der Waals surface area contributed by atoms with Crippen LogP contribution >= 0.6 is 0 Å². The third-order valence-corrected chi connectivity index (χ3v) is 6.41. The van der Waals surface area contributed by atoms with Crippen molar-refractivity contribution >= 4 is 0 Å². The van der Waals surface area contributed by atoms with Crippen LogP contribution in [0.2, 0.25) is 0 Å². The molecular formula is C19H24N2. The van der Waals surface area contributed by atoms with Gasteiger partial charge in [0.2, 0.25) is 0 Å². The van der Waals surface area contributed by atoms with Crippen molar-refractivity contribution in [3.8, 4) is 6.07 Å². The quantitative estimate of drug-likeness (QED) is 0.907. The third-order valence-electron chi connectivity index (χ3n) is 6.41. The summed E-state index contributed by atoms with van der Waals surface area (Å²) in [6.07, 6.45) is 7.29. The van der Waals surface area contributed by atoms with Crippen LogP contribution in [0, 0.1) is 35.0 Å². The highest BCUT2D eigenvalue weighted by atomic mass is 15.0. The van der Waals surface area contributed by atoms with Gasteiger partial charge < -0.3 is 5.32 Å². The first-order chi connectivity index (χ1) is 10.3. The maximum Gasteiger partial charge on any atom is 0.0991 e. The Bertz CT molecular complexity index is 573. The first-order valence-electron chi connectivity index (χ1n) is 8.52. The van der Waals surface area contributed by atoms with Crippen LogP contribution in [0.3, 0.4) is 0 Å². The summed E-state index contributed by atoms with van der Waals surface area (Å²) in [6, 6.07) is 11.4. The molecule has 1 N–H and O–H groups in total. The summed E-state index contributed by atoms with van der Waals surface area (Å²) in [5, 5.41) is 12.9. The maximum absolute atomic E-state index is 9.05. The molecule has 0 radical (unpaired) electrons. The largest absolute Gasteiger partial charge is 0.307 e. The van der Waals surface area contributed by atoms with Crippen LogP contribution in [0.4, 0.5) is 0 Å². The Morgan fingerprint density at radius 2 is 2.05 bits per heavy atom. The topological polar surface area (TPSA) is 35.8 Å². The Hall–Kier alpha value is -1.33. The number of hydrogen-bond donors (Lipinski definition) is 1. The van der Waals surface area contributed by atoms with E-state index in [2.05, 4.69) is 24.4 Å². The Balaban J connectivity index is 1.46. The number of nitrogens with one attached hydrogen (secondary N) is 1. The first-order valence-corrected chi connectivity index (χ1v) is 8.52. The third kappa shape index (κ3) is 2.19. The van der Waals surface area contributed by atoms with E-state index in [1.54, 1.807) is 0 Å². The summed E-state index contributed by atoms with van der Waals surface area (Å²) in [4.78, 5) is 0. The lowest BCUT2D eigenvalue weighted by Crippen LogP contribution is -2.40. The van der Waals surface area contributed by atoms with Gasteiger partial charge in [-0.25, -0.2) is 0 Å². The first kappa shape index (κ1) is 13.3. The molecule has 2 nitrogen and oxygen atoms in total. The number of rotatable bonds is 3. The predicted octanol–water partition coefficient (Wildman–Crippen LogP) is 4.03. The number of nitriles is 1. The Morgan fingerprint density at radius 3 is 2.90 bits per heavy atom. The van der Waals surface area contributed by atoms with Crippen molar-refractivity contribution in [1.29, 1.82) is 5.26 Å². The van der Waals surface area contributed by atoms with Gasteiger partial charge >= 0.3 is 0 Å². The maximum atomic E-state index is 9.05. The number of benzene rings is 1. The minimum atomic E-state index is 0.350. The molecule has 4 rings (SSSR count). The standard InChI is InChI=1S/C19H24N2/c1-12(14-5-2-4-13(8-14)11-20)21-19-10-15-9-18(19)17-7-3-6-16(15)17/h2,4-5,8,12,15-19,21H,3,6-7,9-10H2,1H3. The molecule has 3 fully saturated rings. The lowest BCUT2D eigenvalue weighted by atomic mass is 9.79. The van der Waals surface area contributed by atoms with E-state index in [0.29, 0.717) is 12.1 Å². The van der Waals surface area contributed by atoms with Gasteiger partial charge in [0.1, 0.15) is 0 Å². The van der Waals surface area contributed by atoms with Crippen molar-refractivity contribution < 1.29 is 0 Å². The molecule has 0 amide bonds. The van der Waals surface area contributed by atoms with Gasteiger partial charge in [-0.15, -0.1) is 0 Å². The molecule has 1 aromatic rings. The summed E-state index contributed by atoms with van der Waals surface area (Å²) < 4.78 is 0. The summed E-state index contributed by atoms with van der Waals surface area (Å²) in [5.74, 6) is 3.99. The van der Waals surface area contributed by atoms with Crippen molar-refractivity contribution in [3.63, 3.8) is 0 Å². The molecule has 2 bridgehead atoms. The molecule has 0 heterocycles. The molecule has 0 aromatic heterocycles. The van der Waals surface area contributed by atoms with Gasteiger partial charge in [-0.05, 0) is 74.0 Å². The average molecular weight is 280 g/mol. The van der Waals surface area contributed by atoms with Crippen LogP contribution in [-0.2, 0) is 0 Å². The van der Waals surface area contributed by atoms with Crippen LogP contribution < -0.4 is 5.32 Å². The van der Waals surface area contributed by atoms with E-state index in [4.69, 9.17) is 5.26 Å². The summed E-state index contributed by atoms with van der Waals surface area (Å²) in [6.45, 7) is 2.24. The number of nitrogens with zero attached hydrogens (tertiary/aromatic N) is 1. The Kier molecular flexibility index (Phi) is 3.27. The van der Waals surface area contributed by atoms with Gasteiger partial charge in [0.25, 0.3) is 0 Å². The predicted molar refractivity (Wildman–Crippen MR) is 83.5 cm³/mol. The van der Waals surface area contributed by atoms with Gasteiger partial charge in [-0.1, -0.05) is 18.6 Å². The van der Waals surface area contributed by atoms with Gasteiger partial charge in [-0.3, -0.25) is 0 Å². The molecule has 6 atom stereocenters. The zero-order valence-electron chi connectivity index (χ0n) is 12.8. The summed E-state index contributed by atoms with van der Waals surface area (Å²) in [5.41, 5.74) is 2.02. The van der Waals surface area contributed by atoms with Crippen molar-refractivity contribution in [2.75, 3.05) is 0 Å². The van der Waals surface area contributed by atoms with Crippen LogP contribution in [0.25, 0.3) is 0 Å². The second-order valence-electron chi connectivity index (χ2n) is 7.39. The summed E-state index contributed by atoms with van der Waals surface area (Å²) in [7, 11) is 0. The fourth-order valence-corrected chi connectivity index (χ4v) is 5.55. The molecular weight excluding hydrogens is 256 g/mol. The lowest BCUT2D eigenvalue weighted by Gasteiger charge is -2.34. The molecule has 110 valence electrons. The number of hydrogen-bond acceptors (Lipinski definition) is 2. The fraction of sp³-hybridized carbons (Fsp3) is 0.632. The van der Waals surface area contributed by atoms with Crippen molar-refractivity contribution in [3.05, 3.63) is 35.4 Å². The molecule has 3 aliphatic carbocycles. The summed E-state index contributed by atoms with van der Waals surface area (Å²) >= 11 is 0. The highest BCUT2D eigenvalue weighted by Crippen LogP contribution is 2.58. The minimum absolute atomic E-state index is 0.350. The van der Waals surface area contributed by atoms with Gasteiger partial charge in [0.05, 0.1) is 11.6 Å². The molecule has 3 saturated carbocycles. The van der Waals surface area contributed by atoms with E-state index in [-0.39, 0.29) is 0 Å². The second kappa shape index (κ2) is 5.14. The smallest absolute Gasteiger partial charge is 0.0991 e. The highest BCUT2D eigenvalue weighted by Gasteiger charge is 2.53. The van der Waals surface area contributed by atoms with E-state index in [0.717, 1.165) is 29.2 Å². The van der Waals surface area contributed by atoms with Crippen LogP contribution in [-0.4, -0.2) is 6.04 Å². The highest BCUT2D eigenvalue weighted by molar-refractivity contribution is 5.34. The van der Waals surface area contributed by atoms with E-state index in [1.165, 1.54) is 37.7 Å². The van der Waals surface area contributed by atoms with Gasteiger partial charge in [-0.2, -0.15) is 5.26 Å². The van der Waals surface area contributed by atoms with Crippen LogP contribution in [0.15, 0.2) is 24.3 Å². The molecule has 0 aliphatic heterocycles. The molecule has 21 heavy (non-hydrogen) atoms. The van der Waals surface area contributed by atoms with E-state index >= 15 is 0 Å². The van der Waals surface area contributed by atoms with Crippen LogP contribution in [0.1, 0.15) is 56.2 Å². The molecule has 0 saturated heterocycles. The lowest BCUT2D eigenvalue weighted by molar-refractivity contribution is 0.200. The SMILES string of the molecule is CC(NC1CC2CC1C1CCCC21)c1cccc(C#N)c1. The monoisotopic (exact) mass is 280 g/mol. The van der Waals surface area contributed by atoms with Crippen molar-refractivity contribution in [2.24, 2.45) is 23.7 Å². The minimum Gasteiger partial charge on any atom is -0.307 e. The Morgan fingerprint density at radius 1 is 1.19 bits per heavy atom. The fourth-order valence-electron chi connectivity index (χ4n) is 5.55. The van der Waals surface area contributed by atoms with Crippen molar-refractivity contribution in [2.45, 2.75) is 51.1 Å². The molecule has 2 heteroatoms. The van der Waals surface area contributed by atoms with Crippen LogP contribution in [0.5, 0.6) is 0 Å². The number of fused-ring (bicyclic) bond motifs is 5. The molecule has 1 aromatic carbocycles. The van der Waals surface area contributed by atoms with Gasteiger partial charge in [0, 0.05) is 12.1 Å². The molecule has 6 unspecified atom stereocenters. The van der Waals surface area contributed by atoms with Gasteiger partial charge in [0.15, 0.2) is 0 Å². The zero-order chi connectivity index (χ0) is 14.4. The normalized spacial score (nSPS) is 38.2.